The highest BCUT2D eigenvalue weighted by atomic mass is 16.5. The van der Waals surface area contributed by atoms with Gasteiger partial charge in [0.15, 0.2) is 0 Å². The molecular formula is C25H40N6O7. The number of aliphatic carboxylic acids is 1. The Kier molecular flexibility index (Phi) is 15.8. The molecule has 0 saturated carbocycles. The number of carboxylic acids is 1. The molecule has 0 radical (unpaired) electrons. The molecule has 0 aliphatic carbocycles. The van der Waals surface area contributed by atoms with Crippen molar-refractivity contribution in [3.8, 4) is 0 Å². The predicted octanol–water partition coefficient (Wildman–Crippen LogP) is -0.270. The fourth-order valence-electron chi connectivity index (χ4n) is 3.40. The maximum Gasteiger partial charge on any atom is 0.408 e. The molecule has 0 fully saturated rings. The first-order valence-electron chi connectivity index (χ1n) is 12.7. The standard InChI is InChI=1S/C25H40N6O7/c1-17(22(34)28-15-21(32)33)29-23(35)19(11-5-7-13-26)30-24(36)20(12-6-8-14-27)31-25(37)38-16-18-9-3-2-4-10-18/h2-4,9-10,17,19-20H,5-8,11-16,26-27H2,1H3,(H,28,34)(H,29,35)(H,30,36)(H,31,37)(H,32,33)/t17-,19-,20-/m0/s1. The van der Waals surface area contributed by atoms with Gasteiger partial charge in [0.2, 0.25) is 17.7 Å². The fraction of sp³-hybridized carbons (Fsp3) is 0.560. The van der Waals surface area contributed by atoms with Crippen LogP contribution < -0.4 is 32.7 Å². The highest BCUT2D eigenvalue weighted by Crippen LogP contribution is 2.07. The Morgan fingerprint density at radius 3 is 1.92 bits per heavy atom. The Bertz CT molecular complexity index is 899. The zero-order chi connectivity index (χ0) is 28.3. The molecule has 4 amide bonds. The predicted molar refractivity (Wildman–Crippen MR) is 140 cm³/mol. The number of nitrogens with two attached hydrogens (primary N) is 2. The van der Waals surface area contributed by atoms with E-state index in [9.17, 15) is 24.0 Å². The number of unbranched alkanes of at least 4 members (excludes halogenated alkanes) is 2. The Morgan fingerprint density at radius 1 is 0.816 bits per heavy atom. The molecular weight excluding hydrogens is 496 g/mol. The average Bonchev–Trinajstić information content (AvgIpc) is 2.89. The number of amides is 4. The van der Waals surface area contributed by atoms with Crippen molar-refractivity contribution in [2.24, 2.45) is 11.5 Å². The molecule has 1 aromatic rings. The van der Waals surface area contributed by atoms with Crippen LogP contribution in [0.4, 0.5) is 4.79 Å². The zero-order valence-corrected chi connectivity index (χ0v) is 21.7. The van der Waals surface area contributed by atoms with Crippen LogP contribution in [0.1, 0.15) is 51.0 Å². The van der Waals surface area contributed by atoms with Crippen LogP contribution in [0.3, 0.4) is 0 Å². The lowest BCUT2D eigenvalue weighted by Gasteiger charge is -2.24. The van der Waals surface area contributed by atoms with Gasteiger partial charge >= 0.3 is 12.1 Å². The SMILES string of the molecule is C[C@H](NC(=O)[C@H](CCCCN)NC(=O)[C@H](CCCCN)NC(=O)OCc1ccccc1)C(=O)NCC(=O)O. The minimum atomic E-state index is -1.22. The van der Waals surface area contributed by atoms with E-state index in [4.69, 9.17) is 21.3 Å². The summed E-state index contributed by atoms with van der Waals surface area (Å²) in [5.41, 5.74) is 11.9. The molecule has 9 N–H and O–H groups in total. The molecule has 0 spiro atoms. The van der Waals surface area contributed by atoms with Gasteiger partial charge < -0.3 is 42.6 Å². The van der Waals surface area contributed by atoms with Crippen molar-refractivity contribution in [1.29, 1.82) is 0 Å². The van der Waals surface area contributed by atoms with E-state index in [-0.39, 0.29) is 19.4 Å². The van der Waals surface area contributed by atoms with E-state index >= 15 is 0 Å². The van der Waals surface area contributed by atoms with Crippen molar-refractivity contribution in [3.63, 3.8) is 0 Å². The molecule has 0 saturated heterocycles. The third-order valence-corrected chi connectivity index (χ3v) is 5.51. The van der Waals surface area contributed by atoms with E-state index in [1.165, 1.54) is 6.92 Å². The van der Waals surface area contributed by atoms with Crippen LogP contribution in [-0.4, -0.2) is 72.7 Å². The second-order valence-electron chi connectivity index (χ2n) is 8.73. The Labute approximate surface area is 222 Å². The van der Waals surface area contributed by atoms with Gasteiger partial charge in [0.1, 0.15) is 31.3 Å². The molecule has 212 valence electrons. The van der Waals surface area contributed by atoms with Gasteiger partial charge in [-0.25, -0.2) is 4.79 Å². The lowest BCUT2D eigenvalue weighted by Crippen LogP contribution is -2.56. The van der Waals surface area contributed by atoms with E-state index in [2.05, 4.69) is 21.3 Å². The number of carbonyl (C=O) groups excluding carboxylic acids is 4. The van der Waals surface area contributed by atoms with E-state index in [1.807, 2.05) is 18.2 Å². The molecule has 0 aromatic heterocycles. The van der Waals surface area contributed by atoms with Crippen molar-refractivity contribution < 1.29 is 33.8 Å². The number of nitrogens with one attached hydrogen (secondary N) is 4. The number of hydrogen-bond acceptors (Lipinski definition) is 8. The second kappa shape index (κ2) is 18.5. The Balaban J connectivity index is 2.84. The first-order valence-corrected chi connectivity index (χ1v) is 12.7. The molecule has 0 unspecified atom stereocenters. The summed E-state index contributed by atoms with van der Waals surface area (Å²) in [5.74, 6) is -3.12. The minimum absolute atomic E-state index is 0.0236. The van der Waals surface area contributed by atoms with Crippen LogP contribution in [0.2, 0.25) is 0 Å². The van der Waals surface area contributed by atoms with Gasteiger partial charge in [-0.05, 0) is 64.1 Å². The highest BCUT2D eigenvalue weighted by molar-refractivity contribution is 5.94. The lowest BCUT2D eigenvalue weighted by molar-refractivity contribution is -0.138. The summed E-state index contributed by atoms with van der Waals surface area (Å²) in [6.45, 7) is 1.64. The maximum atomic E-state index is 13.1. The molecule has 0 bridgehead atoms. The first kappa shape index (κ1) is 32.3. The van der Waals surface area contributed by atoms with E-state index in [1.54, 1.807) is 12.1 Å². The maximum absolute atomic E-state index is 13.1. The third kappa shape index (κ3) is 13.6. The Hall–Kier alpha value is -3.71. The van der Waals surface area contributed by atoms with Gasteiger partial charge in [-0.1, -0.05) is 30.3 Å². The summed E-state index contributed by atoms with van der Waals surface area (Å²) in [7, 11) is 0. The number of alkyl carbamates (subject to hydrolysis) is 1. The summed E-state index contributed by atoms with van der Waals surface area (Å²) in [6, 6.07) is 6.03. The summed E-state index contributed by atoms with van der Waals surface area (Å²) in [5, 5.41) is 18.6. The van der Waals surface area contributed by atoms with E-state index in [0.717, 1.165) is 5.56 Å². The summed E-state index contributed by atoms with van der Waals surface area (Å²) in [6.07, 6.45) is 2.05. The van der Waals surface area contributed by atoms with E-state index < -0.39 is 54.5 Å². The second-order valence-corrected chi connectivity index (χ2v) is 8.73. The molecule has 13 heteroatoms. The van der Waals surface area contributed by atoms with Crippen LogP contribution >= 0.6 is 0 Å². The number of carboxylic acid groups (broad SMARTS) is 1. The number of benzene rings is 1. The van der Waals surface area contributed by atoms with Crippen molar-refractivity contribution >= 4 is 29.8 Å². The zero-order valence-electron chi connectivity index (χ0n) is 21.7. The molecule has 1 rings (SSSR count). The van der Waals surface area contributed by atoms with E-state index in [0.29, 0.717) is 38.8 Å². The van der Waals surface area contributed by atoms with Gasteiger partial charge in [0, 0.05) is 0 Å². The number of ether oxygens (including phenoxy) is 1. The average molecular weight is 537 g/mol. The van der Waals surface area contributed by atoms with Crippen molar-refractivity contribution in [1.82, 2.24) is 21.3 Å². The highest BCUT2D eigenvalue weighted by Gasteiger charge is 2.28. The number of carbonyl (C=O) groups is 5. The van der Waals surface area contributed by atoms with Gasteiger partial charge in [-0.3, -0.25) is 19.2 Å². The topological polar surface area (TPSA) is 215 Å². The smallest absolute Gasteiger partial charge is 0.408 e. The molecule has 13 nitrogen and oxygen atoms in total. The van der Waals surface area contributed by atoms with Gasteiger partial charge in [0.05, 0.1) is 0 Å². The normalized spacial score (nSPS) is 12.9. The molecule has 38 heavy (non-hydrogen) atoms. The summed E-state index contributed by atoms with van der Waals surface area (Å²) >= 11 is 0. The third-order valence-electron chi connectivity index (χ3n) is 5.51. The van der Waals surface area contributed by atoms with Crippen molar-refractivity contribution in [2.45, 2.75) is 70.2 Å². The van der Waals surface area contributed by atoms with Crippen molar-refractivity contribution in [3.05, 3.63) is 35.9 Å². The molecule has 3 atom stereocenters. The lowest BCUT2D eigenvalue weighted by atomic mass is 10.1. The molecule has 0 aliphatic rings. The molecule has 0 heterocycles. The van der Waals surface area contributed by atoms with Gasteiger partial charge in [-0.2, -0.15) is 0 Å². The van der Waals surface area contributed by atoms with Crippen molar-refractivity contribution in [2.75, 3.05) is 19.6 Å². The molecule has 1 aromatic carbocycles. The Morgan fingerprint density at radius 2 is 1.37 bits per heavy atom. The van der Waals surface area contributed by atoms with Gasteiger partial charge in [-0.15, -0.1) is 0 Å². The van der Waals surface area contributed by atoms with Crippen LogP contribution in [0.5, 0.6) is 0 Å². The summed E-state index contributed by atoms with van der Waals surface area (Å²) in [4.78, 5) is 61.2. The van der Waals surface area contributed by atoms with Crippen LogP contribution in [0.15, 0.2) is 30.3 Å². The number of hydrogen-bond donors (Lipinski definition) is 7. The summed E-state index contributed by atoms with van der Waals surface area (Å²) < 4.78 is 5.23. The van der Waals surface area contributed by atoms with Gasteiger partial charge in [0.25, 0.3) is 0 Å². The first-order chi connectivity index (χ1) is 18.2. The monoisotopic (exact) mass is 536 g/mol. The quantitative estimate of drug-likeness (QED) is 0.123. The van der Waals surface area contributed by atoms with Crippen LogP contribution in [-0.2, 0) is 30.5 Å². The molecule has 0 aliphatic heterocycles. The fourth-order valence-corrected chi connectivity index (χ4v) is 3.40. The largest absolute Gasteiger partial charge is 0.480 e. The minimum Gasteiger partial charge on any atom is -0.480 e. The van der Waals surface area contributed by atoms with Crippen LogP contribution in [0, 0.1) is 0 Å². The number of rotatable bonds is 18. The van der Waals surface area contributed by atoms with Crippen LogP contribution in [0.25, 0.3) is 0 Å².